The Morgan fingerprint density at radius 1 is 1.29 bits per heavy atom. The quantitative estimate of drug-likeness (QED) is 0.613. The molecule has 1 N–H and O–H groups in total. The normalized spacial score (nSPS) is 17.2. The third-order valence-corrected chi connectivity index (χ3v) is 6.93. The highest BCUT2D eigenvalue weighted by atomic mass is 32.1. The Bertz CT molecular complexity index is 776. The van der Waals surface area contributed by atoms with Gasteiger partial charge in [-0.3, -0.25) is 4.68 Å². The summed E-state index contributed by atoms with van der Waals surface area (Å²) in [5.41, 5.74) is 3.87. The van der Waals surface area contributed by atoms with Crippen molar-refractivity contribution in [1.82, 2.24) is 14.8 Å². The number of thiazole rings is 1. The fourth-order valence-corrected chi connectivity index (χ4v) is 5.31. The van der Waals surface area contributed by atoms with Crippen molar-refractivity contribution in [3.8, 4) is 10.4 Å². The highest BCUT2D eigenvalue weighted by Gasteiger charge is 2.32. The third kappa shape index (κ3) is 4.81. The van der Waals surface area contributed by atoms with Gasteiger partial charge in [-0.05, 0) is 38.0 Å². The summed E-state index contributed by atoms with van der Waals surface area (Å²) in [4.78, 5) is 16.2. The number of aromatic carboxylic acids is 1. The summed E-state index contributed by atoms with van der Waals surface area (Å²) < 4.78 is 7.41. The number of carbonyl (C=O) groups is 1. The van der Waals surface area contributed by atoms with Crippen molar-refractivity contribution in [2.75, 3.05) is 13.7 Å². The first-order valence-electron chi connectivity index (χ1n) is 10.2. The molecule has 28 heavy (non-hydrogen) atoms. The summed E-state index contributed by atoms with van der Waals surface area (Å²) in [6.07, 6.45) is 13.0. The van der Waals surface area contributed by atoms with Gasteiger partial charge in [-0.15, -0.1) is 11.3 Å². The van der Waals surface area contributed by atoms with Gasteiger partial charge in [0.1, 0.15) is 0 Å². The summed E-state index contributed by atoms with van der Waals surface area (Å²) in [7, 11) is 1.77. The maximum atomic E-state index is 11.5. The number of hydrogen-bond acceptors (Lipinski definition) is 5. The Morgan fingerprint density at radius 2 is 2.00 bits per heavy atom. The van der Waals surface area contributed by atoms with E-state index in [1.165, 1.54) is 56.3 Å². The summed E-state index contributed by atoms with van der Waals surface area (Å²) in [6, 6.07) is 0. The standard InChI is InChI=1S/C21H31N3O3S/c1-16-17(19-18(20(25)26)22-15-28-19)13-23-24(16)14-21(11-8-12-27-2)9-6-4-3-5-7-10-21/h13,15H,3-12,14H2,1-2H3,(H,25,26). The van der Waals surface area contributed by atoms with Crippen LogP contribution in [0.15, 0.2) is 11.7 Å². The van der Waals surface area contributed by atoms with E-state index in [1.807, 2.05) is 6.92 Å². The van der Waals surface area contributed by atoms with Crippen LogP contribution in [0.25, 0.3) is 10.4 Å². The lowest BCUT2D eigenvalue weighted by atomic mass is 9.73. The Labute approximate surface area is 170 Å². The van der Waals surface area contributed by atoms with Crippen molar-refractivity contribution in [3.05, 3.63) is 23.1 Å². The highest BCUT2D eigenvalue weighted by molar-refractivity contribution is 7.13. The first kappa shape index (κ1) is 21.0. The molecule has 7 heteroatoms. The van der Waals surface area contributed by atoms with Crippen molar-refractivity contribution in [3.63, 3.8) is 0 Å². The van der Waals surface area contributed by atoms with Gasteiger partial charge in [0.05, 0.1) is 16.6 Å². The maximum Gasteiger partial charge on any atom is 0.356 e. The van der Waals surface area contributed by atoms with Gasteiger partial charge in [0.25, 0.3) is 0 Å². The fourth-order valence-electron chi connectivity index (χ4n) is 4.47. The smallest absolute Gasteiger partial charge is 0.356 e. The van der Waals surface area contributed by atoms with Crippen molar-refractivity contribution in [1.29, 1.82) is 0 Å². The largest absolute Gasteiger partial charge is 0.476 e. The van der Waals surface area contributed by atoms with Crippen LogP contribution in [0.4, 0.5) is 0 Å². The molecule has 0 unspecified atom stereocenters. The van der Waals surface area contributed by atoms with E-state index in [1.54, 1.807) is 18.8 Å². The van der Waals surface area contributed by atoms with Gasteiger partial charge in [0, 0.05) is 31.5 Å². The molecule has 0 saturated heterocycles. The molecular weight excluding hydrogens is 374 g/mol. The molecule has 2 aromatic rings. The predicted octanol–water partition coefficient (Wildman–Crippen LogP) is 5.17. The van der Waals surface area contributed by atoms with Crippen molar-refractivity contribution >= 4 is 17.3 Å². The van der Waals surface area contributed by atoms with Crippen LogP contribution in [0.2, 0.25) is 0 Å². The Kier molecular flexibility index (Phi) is 7.24. The Morgan fingerprint density at radius 3 is 2.68 bits per heavy atom. The summed E-state index contributed by atoms with van der Waals surface area (Å²) in [5, 5.41) is 14.1. The van der Waals surface area contributed by atoms with E-state index < -0.39 is 5.97 Å². The number of carboxylic acids is 1. The fraction of sp³-hybridized carbons (Fsp3) is 0.667. The van der Waals surface area contributed by atoms with Gasteiger partial charge in [-0.25, -0.2) is 9.78 Å². The molecule has 154 valence electrons. The minimum absolute atomic E-state index is 0.119. The number of rotatable bonds is 8. The first-order chi connectivity index (χ1) is 13.6. The summed E-state index contributed by atoms with van der Waals surface area (Å²) in [6.45, 7) is 3.73. The topological polar surface area (TPSA) is 77.2 Å². The van der Waals surface area contributed by atoms with Crippen molar-refractivity contribution in [2.45, 2.75) is 71.3 Å². The second-order valence-electron chi connectivity index (χ2n) is 8.00. The van der Waals surface area contributed by atoms with Crippen LogP contribution in [0.5, 0.6) is 0 Å². The van der Waals surface area contributed by atoms with E-state index in [-0.39, 0.29) is 11.1 Å². The van der Waals surface area contributed by atoms with E-state index >= 15 is 0 Å². The molecule has 0 amide bonds. The number of hydrogen-bond donors (Lipinski definition) is 1. The molecule has 2 aromatic heterocycles. The van der Waals surface area contributed by atoms with Gasteiger partial charge in [0.2, 0.25) is 0 Å². The van der Waals surface area contributed by atoms with Crippen LogP contribution >= 0.6 is 11.3 Å². The molecule has 6 nitrogen and oxygen atoms in total. The zero-order chi connectivity index (χ0) is 20.0. The van der Waals surface area contributed by atoms with E-state index in [4.69, 9.17) is 4.74 Å². The molecule has 2 heterocycles. The third-order valence-electron chi connectivity index (χ3n) is 6.07. The molecule has 0 bridgehead atoms. The monoisotopic (exact) mass is 405 g/mol. The van der Waals surface area contributed by atoms with Gasteiger partial charge in [0.15, 0.2) is 5.69 Å². The molecule has 3 rings (SSSR count). The van der Waals surface area contributed by atoms with Gasteiger partial charge < -0.3 is 9.84 Å². The summed E-state index contributed by atoms with van der Waals surface area (Å²) in [5.74, 6) is -0.987. The van der Waals surface area contributed by atoms with Crippen LogP contribution in [0, 0.1) is 12.3 Å². The lowest BCUT2D eigenvalue weighted by Crippen LogP contribution is -2.29. The second-order valence-corrected chi connectivity index (χ2v) is 8.86. The highest BCUT2D eigenvalue weighted by Crippen LogP contribution is 2.41. The van der Waals surface area contributed by atoms with Crippen LogP contribution in [0.1, 0.15) is 74.0 Å². The molecule has 0 atom stereocenters. The molecule has 1 aliphatic carbocycles. The van der Waals surface area contributed by atoms with E-state index in [0.29, 0.717) is 4.88 Å². The SMILES string of the molecule is COCCCC1(Cn2ncc(-c3scnc3C(=O)O)c2C)CCCCCCC1. The minimum Gasteiger partial charge on any atom is -0.476 e. The maximum absolute atomic E-state index is 11.5. The van der Waals surface area contributed by atoms with Gasteiger partial charge in [-0.1, -0.05) is 32.1 Å². The lowest BCUT2D eigenvalue weighted by Gasteiger charge is -2.36. The van der Waals surface area contributed by atoms with Crippen LogP contribution in [-0.2, 0) is 11.3 Å². The summed E-state index contributed by atoms with van der Waals surface area (Å²) >= 11 is 1.36. The predicted molar refractivity (Wildman–Crippen MR) is 111 cm³/mol. The molecule has 0 aliphatic heterocycles. The number of methoxy groups -OCH3 is 1. The van der Waals surface area contributed by atoms with Crippen molar-refractivity contribution in [2.24, 2.45) is 5.41 Å². The molecule has 0 radical (unpaired) electrons. The number of carboxylic acid groups (broad SMARTS) is 1. The molecule has 1 fully saturated rings. The van der Waals surface area contributed by atoms with Crippen molar-refractivity contribution < 1.29 is 14.6 Å². The van der Waals surface area contributed by atoms with Crippen LogP contribution in [-0.4, -0.2) is 39.6 Å². The Hall–Kier alpha value is -1.73. The average molecular weight is 406 g/mol. The van der Waals surface area contributed by atoms with Gasteiger partial charge in [-0.2, -0.15) is 5.10 Å². The molecule has 1 aliphatic rings. The average Bonchev–Trinajstić information content (AvgIpc) is 3.26. The Balaban J connectivity index is 1.85. The van der Waals surface area contributed by atoms with E-state index in [9.17, 15) is 9.90 Å². The molecule has 0 spiro atoms. The number of nitrogens with zero attached hydrogens (tertiary/aromatic N) is 3. The molecule has 0 aromatic carbocycles. The van der Waals surface area contributed by atoms with Crippen LogP contribution in [0.3, 0.4) is 0 Å². The van der Waals surface area contributed by atoms with Crippen LogP contribution < -0.4 is 0 Å². The van der Waals surface area contributed by atoms with E-state index in [2.05, 4.69) is 14.8 Å². The lowest BCUT2D eigenvalue weighted by molar-refractivity contribution is 0.0692. The number of ether oxygens (including phenoxy) is 1. The van der Waals surface area contributed by atoms with E-state index in [0.717, 1.165) is 37.3 Å². The zero-order valence-corrected chi connectivity index (χ0v) is 17.8. The molecule has 1 saturated carbocycles. The van der Waals surface area contributed by atoms with Gasteiger partial charge >= 0.3 is 5.97 Å². The molecular formula is C21H31N3O3S. The minimum atomic E-state index is -0.987. The second kappa shape index (κ2) is 9.65. The first-order valence-corrected chi connectivity index (χ1v) is 11.1. The zero-order valence-electron chi connectivity index (χ0n) is 16.9. The number of aromatic nitrogens is 3.